The van der Waals surface area contributed by atoms with Gasteiger partial charge in [-0.05, 0) is 87.7 Å². The second-order valence-electron chi connectivity index (χ2n) is 8.58. The Hall–Kier alpha value is -2.79. The van der Waals surface area contributed by atoms with Gasteiger partial charge in [-0.1, -0.05) is 18.6 Å². The first-order valence-corrected chi connectivity index (χ1v) is 11.1. The van der Waals surface area contributed by atoms with Gasteiger partial charge >= 0.3 is 0 Å². The Kier molecular flexibility index (Phi) is 6.33. The van der Waals surface area contributed by atoms with Gasteiger partial charge in [-0.2, -0.15) is 0 Å². The molecule has 1 aliphatic heterocycles. The van der Waals surface area contributed by atoms with Gasteiger partial charge in [-0.25, -0.2) is 0 Å². The maximum Gasteiger partial charge on any atom is 0.287 e. The number of likely N-dealkylation sites (tertiary alicyclic amines) is 1. The number of rotatable bonds is 6. The van der Waals surface area contributed by atoms with Crippen LogP contribution in [0.25, 0.3) is 11.0 Å². The molecule has 0 spiro atoms. The van der Waals surface area contributed by atoms with E-state index in [2.05, 4.69) is 42.3 Å². The van der Waals surface area contributed by atoms with Gasteiger partial charge in [0.2, 0.25) is 0 Å². The Labute approximate surface area is 184 Å². The number of aryl methyl sites for hydroxylation is 3. The van der Waals surface area contributed by atoms with E-state index in [9.17, 15) is 4.79 Å². The predicted molar refractivity (Wildman–Crippen MR) is 124 cm³/mol. The summed E-state index contributed by atoms with van der Waals surface area (Å²) in [5, 5.41) is 4.16. The summed E-state index contributed by atoms with van der Waals surface area (Å²) < 4.78 is 11.3. The number of amides is 1. The molecule has 31 heavy (non-hydrogen) atoms. The van der Waals surface area contributed by atoms with Crippen molar-refractivity contribution in [2.75, 3.05) is 26.7 Å². The number of nitrogens with zero attached hydrogens (tertiary/aromatic N) is 1. The molecule has 0 unspecified atom stereocenters. The van der Waals surface area contributed by atoms with Crippen LogP contribution in [-0.2, 0) is 0 Å². The van der Waals surface area contributed by atoms with E-state index in [0.717, 1.165) is 40.9 Å². The van der Waals surface area contributed by atoms with E-state index in [0.29, 0.717) is 12.3 Å². The fraction of sp³-hybridized carbons (Fsp3) is 0.423. The zero-order chi connectivity index (χ0) is 22.0. The van der Waals surface area contributed by atoms with Gasteiger partial charge in [0.1, 0.15) is 11.3 Å². The summed E-state index contributed by atoms with van der Waals surface area (Å²) in [4.78, 5) is 15.6. The van der Waals surface area contributed by atoms with Gasteiger partial charge < -0.3 is 14.5 Å². The molecule has 1 N–H and O–H groups in total. The van der Waals surface area contributed by atoms with Crippen LogP contribution in [0.1, 0.15) is 58.1 Å². The number of methoxy groups -OCH3 is 1. The Bertz CT molecular complexity index is 1060. The van der Waals surface area contributed by atoms with Crippen LogP contribution in [0.5, 0.6) is 5.75 Å². The minimum Gasteiger partial charge on any atom is -0.497 e. The van der Waals surface area contributed by atoms with Gasteiger partial charge in [0.05, 0.1) is 13.2 Å². The SMILES string of the molecule is COc1ccc([C@H](CNC(=O)c2oc3cc(C)c(C)cc3c2C)N2CCCCC2)cc1. The molecule has 2 heterocycles. The number of hydrogen-bond acceptors (Lipinski definition) is 4. The number of ether oxygens (including phenoxy) is 1. The normalized spacial score (nSPS) is 15.7. The molecule has 0 bridgehead atoms. The maximum absolute atomic E-state index is 13.1. The second-order valence-corrected chi connectivity index (χ2v) is 8.58. The standard InChI is InChI=1S/C26H32N2O3/c1-17-14-22-19(3)25(31-24(22)15-18(17)2)26(29)27-16-23(28-12-6-5-7-13-28)20-8-10-21(30-4)11-9-20/h8-11,14-15,23H,5-7,12-13,16H2,1-4H3,(H,27,29)/t23-/m0/s1. The van der Waals surface area contributed by atoms with Gasteiger partial charge in [0.15, 0.2) is 5.76 Å². The predicted octanol–water partition coefficient (Wildman–Crippen LogP) is 5.32. The Morgan fingerprint density at radius 3 is 2.42 bits per heavy atom. The molecular weight excluding hydrogens is 388 g/mol. The van der Waals surface area contributed by atoms with E-state index in [4.69, 9.17) is 9.15 Å². The van der Waals surface area contributed by atoms with Gasteiger partial charge in [-0.15, -0.1) is 0 Å². The van der Waals surface area contributed by atoms with Crippen LogP contribution in [0.2, 0.25) is 0 Å². The minimum absolute atomic E-state index is 0.129. The maximum atomic E-state index is 13.1. The third-order valence-electron chi connectivity index (χ3n) is 6.55. The molecule has 0 radical (unpaired) electrons. The molecule has 1 fully saturated rings. The molecule has 1 amide bonds. The molecule has 1 aromatic heterocycles. The molecule has 5 nitrogen and oxygen atoms in total. The van der Waals surface area contributed by atoms with Crippen LogP contribution in [0.3, 0.4) is 0 Å². The smallest absolute Gasteiger partial charge is 0.287 e. The van der Waals surface area contributed by atoms with Crippen LogP contribution < -0.4 is 10.1 Å². The first-order chi connectivity index (χ1) is 15.0. The summed E-state index contributed by atoms with van der Waals surface area (Å²) >= 11 is 0. The van der Waals surface area contributed by atoms with Crippen molar-refractivity contribution in [3.05, 3.63) is 64.4 Å². The van der Waals surface area contributed by atoms with Crippen molar-refractivity contribution in [2.45, 2.75) is 46.1 Å². The Balaban J connectivity index is 1.55. The van der Waals surface area contributed by atoms with Crippen LogP contribution in [0, 0.1) is 20.8 Å². The first-order valence-electron chi connectivity index (χ1n) is 11.1. The number of fused-ring (bicyclic) bond motifs is 1. The van der Waals surface area contributed by atoms with Crippen molar-refractivity contribution in [1.82, 2.24) is 10.2 Å². The Morgan fingerprint density at radius 1 is 1.06 bits per heavy atom. The highest BCUT2D eigenvalue weighted by molar-refractivity contribution is 5.99. The van der Waals surface area contributed by atoms with Crippen molar-refractivity contribution in [2.24, 2.45) is 0 Å². The number of piperidine rings is 1. The lowest BCUT2D eigenvalue weighted by Crippen LogP contribution is -2.40. The van der Waals surface area contributed by atoms with E-state index in [-0.39, 0.29) is 11.9 Å². The van der Waals surface area contributed by atoms with Gasteiger partial charge in [-0.3, -0.25) is 9.69 Å². The monoisotopic (exact) mass is 420 g/mol. The van der Waals surface area contributed by atoms with Crippen molar-refractivity contribution < 1.29 is 13.9 Å². The third kappa shape index (κ3) is 4.47. The molecule has 4 rings (SSSR count). The van der Waals surface area contributed by atoms with Crippen molar-refractivity contribution >= 4 is 16.9 Å². The highest BCUT2D eigenvalue weighted by Crippen LogP contribution is 2.29. The van der Waals surface area contributed by atoms with E-state index in [1.807, 2.05) is 25.1 Å². The van der Waals surface area contributed by atoms with E-state index in [1.54, 1.807) is 7.11 Å². The number of benzene rings is 2. The molecule has 0 aliphatic carbocycles. The summed E-state index contributed by atoms with van der Waals surface area (Å²) in [5.74, 6) is 1.10. The number of nitrogens with one attached hydrogen (secondary N) is 1. The molecule has 5 heteroatoms. The summed E-state index contributed by atoms with van der Waals surface area (Å²) in [6.07, 6.45) is 3.67. The third-order valence-corrected chi connectivity index (χ3v) is 6.55. The van der Waals surface area contributed by atoms with Crippen molar-refractivity contribution in [1.29, 1.82) is 0 Å². The minimum atomic E-state index is -0.153. The first kappa shape index (κ1) is 21.4. The fourth-order valence-corrected chi connectivity index (χ4v) is 4.48. The molecular formula is C26H32N2O3. The number of carbonyl (C=O) groups is 1. The number of carbonyl (C=O) groups excluding carboxylic acids is 1. The number of hydrogen-bond donors (Lipinski definition) is 1. The summed E-state index contributed by atoms with van der Waals surface area (Å²) in [7, 11) is 1.68. The van der Waals surface area contributed by atoms with Crippen molar-refractivity contribution in [3.8, 4) is 5.75 Å². The fourth-order valence-electron chi connectivity index (χ4n) is 4.48. The summed E-state index contributed by atoms with van der Waals surface area (Å²) in [6.45, 7) is 8.74. The molecule has 1 atom stereocenters. The lowest BCUT2D eigenvalue weighted by molar-refractivity contribution is 0.0898. The molecule has 1 aliphatic rings. The van der Waals surface area contributed by atoms with E-state index in [1.165, 1.54) is 30.4 Å². The van der Waals surface area contributed by atoms with Crippen LogP contribution >= 0.6 is 0 Å². The Morgan fingerprint density at radius 2 is 1.74 bits per heavy atom. The average molecular weight is 421 g/mol. The lowest BCUT2D eigenvalue weighted by Gasteiger charge is -2.35. The highest BCUT2D eigenvalue weighted by atomic mass is 16.5. The van der Waals surface area contributed by atoms with E-state index >= 15 is 0 Å². The largest absolute Gasteiger partial charge is 0.497 e. The quantitative estimate of drug-likeness (QED) is 0.586. The zero-order valence-corrected chi connectivity index (χ0v) is 19.0. The molecule has 1 saturated heterocycles. The highest BCUT2D eigenvalue weighted by Gasteiger charge is 2.25. The van der Waals surface area contributed by atoms with Crippen LogP contribution in [-0.4, -0.2) is 37.6 Å². The molecule has 2 aromatic carbocycles. The molecule has 164 valence electrons. The molecule has 0 saturated carbocycles. The van der Waals surface area contributed by atoms with Gasteiger partial charge in [0, 0.05) is 17.5 Å². The molecule has 3 aromatic rings. The van der Waals surface area contributed by atoms with Crippen LogP contribution in [0.15, 0.2) is 40.8 Å². The topological polar surface area (TPSA) is 54.7 Å². The second kappa shape index (κ2) is 9.15. The van der Waals surface area contributed by atoms with Crippen molar-refractivity contribution in [3.63, 3.8) is 0 Å². The average Bonchev–Trinajstić information content (AvgIpc) is 3.10. The number of furan rings is 1. The summed E-state index contributed by atoms with van der Waals surface area (Å²) in [5.41, 5.74) is 5.23. The van der Waals surface area contributed by atoms with E-state index < -0.39 is 0 Å². The summed E-state index contributed by atoms with van der Waals surface area (Å²) in [6, 6.07) is 12.4. The van der Waals surface area contributed by atoms with Crippen LogP contribution in [0.4, 0.5) is 0 Å². The zero-order valence-electron chi connectivity index (χ0n) is 19.0. The lowest BCUT2D eigenvalue weighted by atomic mass is 10.0. The van der Waals surface area contributed by atoms with Gasteiger partial charge in [0.25, 0.3) is 5.91 Å².